The lowest BCUT2D eigenvalue weighted by atomic mass is 9.69. The van der Waals surface area contributed by atoms with Crippen molar-refractivity contribution in [3.63, 3.8) is 0 Å². The molecule has 0 radical (unpaired) electrons. The van der Waals surface area contributed by atoms with Gasteiger partial charge in [0.2, 0.25) is 0 Å². The Morgan fingerprint density at radius 2 is 1.64 bits per heavy atom. The topological polar surface area (TPSA) is 9.23 Å². The van der Waals surface area contributed by atoms with E-state index < -0.39 is 0 Å². The molecular weight excluding hydrogens is 372 g/mol. The molecule has 3 aromatic rings. The summed E-state index contributed by atoms with van der Waals surface area (Å²) in [5, 5.41) is 2.63. The first-order valence-corrected chi connectivity index (χ1v) is 10.1. The van der Waals surface area contributed by atoms with Gasteiger partial charge in [0.05, 0.1) is 0 Å². The van der Waals surface area contributed by atoms with Gasteiger partial charge in [0.1, 0.15) is 11.9 Å². The van der Waals surface area contributed by atoms with Crippen LogP contribution in [-0.4, -0.2) is 10.9 Å². The first-order valence-electron chi connectivity index (χ1n) is 9.20. The highest BCUT2D eigenvalue weighted by Gasteiger charge is 2.45. The van der Waals surface area contributed by atoms with Crippen LogP contribution in [-0.2, 0) is 0 Å². The van der Waals surface area contributed by atoms with E-state index in [9.17, 15) is 0 Å². The molecule has 3 aromatic carbocycles. The van der Waals surface area contributed by atoms with Gasteiger partial charge < -0.3 is 4.74 Å². The van der Waals surface area contributed by atoms with Crippen LogP contribution >= 0.6 is 15.9 Å². The summed E-state index contributed by atoms with van der Waals surface area (Å²) in [7, 11) is 0. The van der Waals surface area contributed by atoms with Crippen molar-refractivity contribution in [2.45, 2.75) is 36.1 Å². The molecule has 25 heavy (non-hydrogen) atoms. The normalized spacial score (nSPS) is 28.0. The molecule has 1 heterocycles. The van der Waals surface area contributed by atoms with E-state index in [0.717, 1.165) is 12.2 Å². The number of ether oxygens (including phenoxy) is 1. The Labute approximate surface area is 157 Å². The van der Waals surface area contributed by atoms with Crippen LogP contribution in [0.4, 0.5) is 0 Å². The molecule has 1 saturated carbocycles. The first-order chi connectivity index (χ1) is 12.3. The third-order valence-corrected chi connectivity index (χ3v) is 6.95. The van der Waals surface area contributed by atoms with Crippen LogP contribution in [0.15, 0.2) is 66.7 Å². The van der Waals surface area contributed by atoms with E-state index >= 15 is 0 Å². The zero-order valence-electron chi connectivity index (χ0n) is 14.1. The quantitative estimate of drug-likeness (QED) is 0.441. The molecule has 1 aliphatic carbocycles. The van der Waals surface area contributed by atoms with Gasteiger partial charge in [-0.3, -0.25) is 0 Å². The van der Waals surface area contributed by atoms with Crippen molar-refractivity contribution in [2.24, 2.45) is 5.92 Å². The maximum atomic E-state index is 6.54. The number of hydrogen-bond acceptors (Lipinski definition) is 1. The minimum Gasteiger partial charge on any atom is -0.490 e. The summed E-state index contributed by atoms with van der Waals surface area (Å²) in [5.74, 6) is 1.94. The molecule has 0 saturated heterocycles. The molecular formula is C23H21BrO. The van der Waals surface area contributed by atoms with Crippen molar-refractivity contribution in [1.29, 1.82) is 0 Å². The van der Waals surface area contributed by atoms with Crippen molar-refractivity contribution in [3.05, 3.63) is 77.9 Å². The second-order valence-corrected chi connectivity index (χ2v) is 8.44. The molecule has 0 aromatic heterocycles. The molecule has 0 N–H and O–H groups in total. The zero-order valence-corrected chi connectivity index (χ0v) is 15.7. The summed E-state index contributed by atoms with van der Waals surface area (Å²) in [6, 6.07) is 24.1. The van der Waals surface area contributed by atoms with E-state index in [1.54, 1.807) is 0 Å². The third-order valence-electron chi connectivity index (χ3n) is 5.88. The molecule has 2 heteroatoms. The van der Waals surface area contributed by atoms with Gasteiger partial charge in [-0.25, -0.2) is 0 Å². The van der Waals surface area contributed by atoms with Crippen molar-refractivity contribution < 1.29 is 4.74 Å². The summed E-state index contributed by atoms with van der Waals surface area (Å²) in [5.41, 5.74) is 2.78. The van der Waals surface area contributed by atoms with Crippen LogP contribution in [0.5, 0.6) is 5.75 Å². The Bertz CT molecular complexity index is 904. The lowest BCUT2D eigenvalue weighted by Gasteiger charge is -2.45. The summed E-state index contributed by atoms with van der Waals surface area (Å²) in [4.78, 5) is 0.503. The van der Waals surface area contributed by atoms with E-state index in [2.05, 4.69) is 82.7 Å². The summed E-state index contributed by atoms with van der Waals surface area (Å²) >= 11 is 4.00. The molecule has 126 valence electrons. The summed E-state index contributed by atoms with van der Waals surface area (Å²) in [6.45, 7) is 0. The fraction of sp³-hybridized carbons (Fsp3) is 0.304. The summed E-state index contributed by atoms with van der Waals surface area (Å²) in [6.07, 6.45) is 3.93. The van der Waals surface area contributed by atoms with Gasteiger partial charge in [0.15, 0.2) is 0 Å². The van der Waals surface area contributed by atoms with Crippen LogP contribution in [0.1, 0.15) is 36.3 Å². The number of rotatable bonds is 1. The van der Waals surface area contributed by atoms with Crippen LogP contribution in [0.25, 0.3) is 10.8 Å². The first kappa shape index (κ1) is 15.5. The van der Waals surface area contributed by atoms with Gasteiger partial charge in [0.25, 0.3) is 0 Å². The largest absolute Gasteiger partial charge is 0.490 e. The molecule has 0 spiro atoms. The second kappa shape index (κ2) is 6.17. The van der Waals surface area contributed by atoms with Gasteiger partial charge in [-0.2, -0.15) is 0 Å². The monoisotopic (exact) mass is 392 g/mol. The highest BCUT2D eigenvalue weighted by atomic mass is 79.9. The molecule has 0 bridgehead atoms. The van der Waals surface area contributed by atoms with E-state index in [-0.39, 0.29) is 0 Å². The van der Waals surface area contributed by atoms with Crippen molar-refractivity contribution in [2.75, 3.05) is 0 Å². The molecule has 2 aliphatic rings. The van der Waals surface area contributed by atoms with Gasteiger partial charge in [-0.05, 0) is 41.7 Å². The Hall–Kier alpha value is -1.80. The predicted octanol–water partition coefficient (Wildman–Crippen LogP) is 6.30. The van der Waals surface area contributed by atoms with Crippen molar-refractivity contribution in [1.82, 2.24) is 0 Å². The predicted molar refractivity (Wildman–Crippen MR) is 107 cm³/mol. The lowest BCUT2D eigenvalue weighted by molar-refractivity contribution is 0.0702. The number of halogens is 1. The smallest absolute Gasteiger partial charge is 0.124 e. The number of benzene rings is 3. The van der Waals surface area contributed by atoms with E-state index in [4.69, 9.17) is 4.74 Å². The van der Waals surface area contributed by atoms with Crippen LogP contribution in [0, 0.1) is 5.92 Å². The van der Waals surface area contributed by atoms with Crippen LogP contribution in [0.3, 0.4) is 0 Å². The number of alkyl halides is 1. The van der Waals surface area contributed by atoms with Crippen LogP contribution in [0.2, 0.25) is 0 Å². The molecule has 1 aliphatic heterocycles. The Kier molecular flexibility index (Phi) is 3.82. The molecule has 5 rings (SSSR count). The maximum absolute atomic E-state index is 6.54. The number of fused-ring (bicyclic) bond motifs is 4. The van der Waals surface area contributed by atoms with E-state index in [1.807, 2.05) is 0 Å². The van der Waals surface area contributed by atoms with Crippen LogP contribution < -0.4 is 4.74 Å². The van der Waals surface area contributed by atoms with Crippen molar-refractivity contribution in [3.8, 4) is 5.75 Å². The van der Waals surface area contributed by atoms with Gasteiger partial charge in [0, 0.05) is 22.2 Å². The zero-order chi connectivity index (χ0) is 16.8. The minimum atomic E-state index is 0.303. The Morgan fingerprint density at radius 3 is 2.52 bits per heavy atom. The van der Waals surface area contributed by atoms with E-state index in [0.29, 0.717) is 22.8 Å². The Morgan fingerprint density at radius 1 is 0.840 bits per heavy atom. The van der Waals surface area contributed by atoms with Gasteiger partial charge in [-0.15, -0.1) is 0 Å². The molecule has 1 fully saturated rings. The fourth-order valence-electron chi connectivity index (χ4n) is 4.80. The SMILES string of the molecule is Br[C@@H]1CCCC2Oc3ccc4ccccc4c3C(c3ccccc3)C21. The van der Waals surface area contributed by atoms with Gasteiger partial charge >= 0.3 is 0 Å². The molecule has 4 atom stereocenters. The standard InChI is InChI=1S/C23H21BrO/c24-18-11-6-12-19-23(18)21(16-8-2-1-3-9-16)22-17-10-5-4-7-15(17)13-14-20(22)25-19/h1-5,7-10,13-14,18-19,21,23H,6,11-12H2/t18-,19?,21?,23?/m1/s1. The lowest BCUT2D eigenvalue weighted by Crippen LogP contribution is -2.44. The highest BCUT2D eigenvalue weighted by molar-refractivity contribution is 9.09. The minimum absolute atomic E-state index is 0.303. The van der Waals surface area contributed by atoms with Gasteiger partial charge in [-0.1, -0.05) is 76.6 Å². The number of hydrogen-bond donors (Lipinski definition) is 0. The fourth-order valence-corrected chi connectivity index (χ4v) is 5.77. The third kappa shape index (κ3) is 2.50. The Balaban J connectivity index is 1.79. The average molecular weight is 393 g/mol. The highest BCUT2D eigenvalue weighted by Crippen LogP contribution is 2.52. The summed E-state index contributed by atoms with van der Waals surface area (Å²) < 4.78 is 6.54. The van der Waals surface area contributed by atoms with Crippen molar-refractivity contribution >= 4 is 26.7 Å². The average Bonchev–Trinajstić information content (AvgIpc) is 2.67. The molecule has 1 nitrogen and oxygen atoms in total. The molecule has 3 unspecified atom stereocenters. The molecule has 0 amide bonds. The maximum Gasteiger partial charge on any atom is 0.124 e. The second-order valence-electron chi connectivity index (χ2n) is 7.27. The van der Waals surface area contributed by atoms with E-state index in [1.165, 1.54) is 34.7 Å².